The molecule has 1 N–H and O–H groups in total. The van der Waals surface area contributed by atoms with Crippen LogP contribution in [0.2, 0.25) is 0 Å². The van der Waals surface area contributed by atoms with E-state index in [1.165, 1.54) is 38.5 Å². The van der Waals surface area contributed by atoms with E-state index in [2.05, 4.69) is 41.5 Å². The van der Waals surface area contributed by atoms with Crippen molar-refractivity contribution in [3.8, 4) is 0 Å². The molecule has 0 aromatic rings. The van der Waals surface area contributed by atoms with E-state index in [1.54, 1.807) is 0 Å². The average molecular weight is 305 g/mol. The highest BCUT2D eigenvalue weighted by Gasteiger charge is 2.82. The number of aliphatic hydroxyl groups is 1. The summed E-state index contributed by atoms with van der Waals surface area (Å²) in [6.07, 6.45) is 9.30. The topological polar surface area (TPSA) is 20.2 Å². The Morgan fingerprint density at radius 1 is 0.864 bits per heavy atom. The zero-order valence-electron chi connectivity index (χ0n) is 15.6. The molecule has 0 bridgehead atoms. The van der Waals surface area contributed by atoms with Crippen LogP contribution in [-0.4, -0.2) is 11.2 Å². The van der Waals surface area contributed by atoms with Crippen LogP contribution in [0, 0.1) is 38.9 Å². The van der Waals surface area contributed by atoms with Gasteiger partial charge in [-0.2, -0.15) is 0 Å². The molecule has 0 aliphatic heterocycles. The summed E-state index contributed by atoms with van der Waals surface area (Å²) in [5.41, 5.74) is 2.13. The quantitative estimate of drug-likeness (QED) is 0.634. The van der Waals surface area contributed by atoms with Crippen LogP contribution < -0.4 is 0 Å². The van der Waals surface area contributed by atoms with Crippen molar-refractivity contribution in [2.24, 2.45) is 38.9 Å². The lowest BCUT2D eigenvalue weighted by molar-refractivity contribution is -0.182. The van der Waals surface area contributed by atoms with E-state index < -0.39 is 0 Å². The highest BCUT2D eigenvalue weighted by molar-refractivity contribution is 5.31. The first-order chi connectivity index (χ1) is 10.0. The minimum Gasteiger partial charge on any atom is -0.393 e. The van der Waals surface area contributed by atoms with Crippen LogP contribution in [0.1, 0.15) is 86.5 Å². The lowest BCUT2D eigenvalue weighted by Crippen LogP contribution is -2.59. The van der Waals surface area contributed by atoms with Crippen molar-refractivity contribution in [1.82, 2.24) is 0 Å². The zero-order chi connectivity index (χ0) is 16.2. The van der Waals surface area contributed by atoms with Crippen molar-refractivity contribution in [2.75, 3.05) is 0 Å². The zero-order valence-corrected chi connectivity index (χ0v) is 15.6. The van der Waals surface area contributed by atoms with Crippen LogP contribution in [0.15, 0.2) is 0 Å². The second kappa shape index (κ2) is 3.95. The number of rotatable bonds is 0. The van der Waals surface area contributed by atoms with Gasteiger partial charge < -0.3 is 5.11 Å². The summed E-state index contributed by atoms with van der Waals surface area (Å²) in [5.74, 6) is 1.80. The molecular weight excluding hydrogens is 268 g/mol. The van der Waals surface area contributed by atoms with Crippen LogP contribution in [-0.2, 0) is 0 Å². The van der Waals surface area contributed by atoms with Crippen LogP contribution in [0.3, 0.4) is 0 Å². The van der Waals surface area contributed by atoms with E-state index in [0.717, 1.165) is 18.3 Å². The largest absolute Gasteiger partial charge is 0.393 e. The summed E-state index contributed by atoms with van der Waals surface area (Å²) in [7, 11) is 0. The van der Waals surface area contributed by atoms with Gasteiger partial charge in [0, 0.05) is 0 Å². The van der Waals surface area contributed by atoms with E-state index in [1.807, 2.05) is 0 Å². The van der Waals surface area contributed by atoms with E-state index >= 15 is 0 Å². The van der Waals surface area contributed by atoms with Gasteiger partial charge in [-0.3, -0.25) is 0 Å². The Labute approximate surface area is 137 Å². The molecule has 0 radical (unpaired) electrons. The molecule has 22 heavy (non-hydrogen) atoms. The molecule has 6 unspecified atom stereocenters. The highest BCUT2D eigenvalue weighted by Crippen LogP contribution is 2.89. The first kappa shape index (κ1) is 15.5. The van der Waals surface area contributed by atoms with Crippen LogP contribution >= 0.6 is 0 Å². The second-order valence-corrected chi connectivity index (χ2v) is 10.9. The van der Waals surface area contributed by atoms with Crippen molar-refractivity contribution in [2.45, 2.75) is 92.6 Å². The summed E-state index contributed by atoms with van der Waals surface area (Å²) in [6.45, 7) is 14.8. The van der Waals surface area contributed by atoms with Crippen molar-refractivity contribution >= 4 is 0 Å². The van der Waals surface area contributed by atoms with Crippen molar-refractivity contribution in [1.29, 1.82) is 0 Å². The third-order valence-corrected chi connectivity index (χ3v) is 10.3. The normalized spacial score (nSPS) is 58.2. The van der Waals surface area contributed by atoms with Crippen molar-refractivity contribution < 1.29 is 5.11 Å². The van der Waals surface area contributed by atoms with E-state index in [9.17, 15) is 5.11 Å². The minimum atomic E-state index is -0.102. The van der Waals surface area contributed by atoms with Crippen molar-refractivity contribution in [3.63, 3.8) is 0 Å². The Balaban J connectivity index is 1.77. The lowest BCUT2D eigenvalue weighted by Gasteiger charge is -2.64. The highest BCUT2D eigenvalue weighted by atomic mass is 16.3. The molecule has 1 nitrogen and oxygen atoms in total. The maximum atomic E-state index is 10.7. The van der Waals surface area contributed by atoms with Gasteiger partial charge in [0.15, 0.2) is 0 Å². The molecule has 4 aliphatic rings. The fraction of sp³-hybridized carbons (Fsp3) is 1.00. The molecule has 126 valence electrons. The predicted molar refractivity (Wildman–Crippen MR) is 91.5 cm³/mol. The average Bonchev–Trinajstić information content (AvgIpc) is 3.11. The van der Waals surface area contributed by atoms with E-state index in [0.29, 0.717) is 21.7 Å². The van der Waals surface area contributed by atoms with Crippen LogP contribution in [0.25, 0.3) is 0 Å². The summed E-state index contributed by atoms with van der Waals surface area (Å²) < 4.78 is 0. The van der Waals surface area contributed by atoms with Gasteiger partial charge in [-0.15, -0.1) is 0 Å². The maximum absolute atomic E-state index is 10.7. The van der Waals surface area contributed by atoms with Crippen LogP contribution in [0.5, 0.6) is 0 Å². The summed E-state index contributed by atoms with van der Waals surface area (Å²) in [4.78, 5) is 0. The van der Waals surface area contributed by atoms with E-state index in [4.69, 9.17) is 0 Å². The molecule has 0 amide bonds. The third-order valence-electron chi connectivity index (χ3n) is 10.3. The Bertz CT molecular complexity index is 506. The van der Waals surface area contributed by atoms with Gasteiger partial charge in [-0.25, -0.2) is 0 Å². The monoisotopic (exact) mass is 304 g/mol. The van der Waals surface area contributed by atoms with Gasteiger partial charge >= 0.3 is 0 Å². The molecule has 0 heterocycles. The number of hydrogen-bond donors (Lipinski definition) is 1. The number of aliphatic hydroxyl groups excluding tert-OH is 1. The van der Waals surface area contributed by atoms with Gasteiger partial charge in [0.05, 0.1) is 6.10 Å². The molecule has 0 saturated heterocycles. The molecule has 4 fully saturated rings. The van der Waals surface area contributed by atoms with Gasteiger partial charge in [0.1, 0.15) is 0 Å². The van der Waals surface area contributed by atoms with Crippen molar-refractivity contribution in [3.05, 3.63) is 0 Å². The Kier molecular flexibility index (Phi) is 2.78. The fourth-order valence-electron chi connectivity index (χ4n) is 7.91. The molecule has 6 atom stereocenters. The molecule has 1 heteroatoms. The Morgan fingerprint density at radius 3 is 2.23 bits per heavy atom. The molecular formula is C21H36O. The molecule has 2 spiro atoms. The standard InChI is InChI=1S/C21H36O/c1-14-15-7-9-19(6)18(4,5)16(22)8-10-21(19)13-20(15,21)12-11-17(14,2)3/h14-16,22H,7-13H2,1-6H3. The van der Waals surface area contributed by atoms with Gasteiger partial charge in [-0.1, -0.05) is 41.5 Å². The second-order valence-electron chi connectivity index (χ2n) is 10.9. The SMILES string of the molecule is CC1C2CCC3(C)C(C)(C)C(O)CCC34CC24CCC1(C)C. The summed E-state index contributed by atoms with van der Waals surface area (Å²) in [6, 6.07) is 0. The van der Waals surface area contributed by atoms with E-state index in [-0.39, 0.29) is 11.5 Å². The fourth-order valence-corrected chi connectivity index (χ4v) is 7.91. The van der Waals surface area contributed by atoms with Gasteiger partial charge in [0.25, 0.3) is 0 Å². The number of hydrogen-bond acceptors (Lipinski definition) is 1. The van der Waals surface area contributed by atoms with Gasteiger partial charge in [-0.05, 0) is 83.9 Å². The van der Waals surface area contributed by atoms with Crippen LogP contribution in [0.4, 0.5) is 0 Å². The maximum Gasteiger partial charge on any atom is 0.0596 e. The Hall–Kier alpha value is -0.0400. The predicted octanol–water partition coefficient (Wildman–Crippen LogP) is 5.42. The smallest absolute Gasteiger partial charge is 0.0596 e. The minimum absolute atomic E-state index is 0.0793. The molecule has 4 rings (SSSR count). The summed E-state index contributed by atoms with van der Waals surface area (Å²) in [5, 5.41) is 10.7. The molecule has 4 aliphatic carbocycles. The van der Waals surface area contributed by atoms with Gasteiger partial charge in [0.2, 0.25) is 0 Å². The Morgan fingerprint density at radius 2 is 1.55 bits per heavy atom. The summed E-state index contributed by atoms with van der Waals surface area (Å²) >= 11 is 0. The molecule has 4 saturated carbocycles. The lowest BCUT2D eigenvalue weighted by atomic mass is 9.41. The molecule has 0 aromatic heterocycles. The molecule has 0 aromatic carbocycles. The third kappa shape index (κ3) is 1.39. The first-order valence-electron chi connectivity index (χ1n) is 9.72. The first-order valence-corrected chi connectivity index (χ1v) is 9.72.